The minimum absolute atomic E-state index is 0.341. The summed E-state index contributed by atoms with van der Waals surface area (Å²) < 4.78 is 54.9. The first kappa shape index (κ1) is 17.2. The molecule has 0 heterocycles. The smallest absolute Gasteiger partial charge is 0.419 e. The van der Waals surface area contributed by atoms with Gasteiger partial charge in [-0.15, -0.1) is 11.6 Å². The van der Waals surface area contributed by atoms with E-state index in [0.717, 1.165) is 13.2 Å². The van der Waals surface area contributed by atoms with E-state index in [1.807, 2.05) is 0 Å². The highest BCUT2D eigenvalue weighted by molar-refractivity contribution is 6.30. The summed E-state index contributed by atoms with van der Waals surface area (Å²) in [5.74, 6) is -3.20. The molecule has 1 atom stereocenters. The van der Waals surface area contributed by atoms with Gasteiger partial charge in [-0.1, -0.05) is 0 Å². The van der Waals surface area contributed by atoms with Crippen molar-refractivity contribution in [2.45, 2.75) is 11.6 Å². The molecule has 0 bridgehead atoms. The van der Waals surface area contributed by atoms with Gasteiger partial charge in [0.25, 0.3) is 5.91 Å². The molecule has 1 aromatic carbocycles. The first-order chi connectivity index (χ1) is 9.66. The summed E-state index contributed by atoms with van der Waals surface area (Å²) in [5, 5.41) is 0.971. The minimum atomic E-state index is -4.92. The average molecular weight is 328 g/mol. The maximum Gasteiger partial charge on any atom is 0.419 e. The monoisotopic (exact) mass is 327 g/mol. The molecule has 0 saturated heterocycles. The number of hydrogen-bond donors (Lipinski definition) is 1. The molecule has 9 heteroatoms. The lowest BCUT2D eigenvalue weighted by molar-refractivity contribution is -0.140. The Balaban J connectivity index is 2.82. The van der Waals surface area contributed by atoms with E-state index in [2.05, 4.69) is 10.1 Å². The Bertz CT molecular complexity index is 548. The third kappa shape index (κ3) is 4.59. The molecule has 0 aliphatic rings. The van der Waals surface area contributed by atoms with E-state index in [1.165, 1.54) is 0 Å². The molecule has 0 spiro atoms. The summed E-state index contributed by atoms with van der Waals surface area (Å²) in [4.78, 5) is 22.6. The number of benzene rings is 1. The number of ether oxygens (including phenoxy) is 1. The molecule has 0 aliphatic heterocycles. The summed E-state index contributed by atoms with van der Waals surface area (Å²) in [5.41, 5.74) is -1.96. The van der Waals surface area contributed by atoms with Crippen LogP contribution in [-0.2, 0) is 15.7 Å². The molecule has 1 aromatic rings. The lowest BCUT2D eigenvalue weighted by Gasteiger charge is -2.11. The number of hydrogen-bond acceptors (Lipinski definition) is 3. The highest BCUT2D eigenvalue weighted by Crippen LogP contribution is 2.31. The number of carbonyl (C=O) groups excluding carboxylic acids is 2. The molecular formula is C12H10ClF4NO3. The number of alkyl halides is 4. The van der Waals surface area contributed by atoms with Crippen LogP contribution in [0.15, 0.2) is 18.2 Å². The van der Waals surface area contributed by atoms with E-state index in [4.69, 9.17) is 11.6 Å². The van der Waals surface area contributed by atoms with E-state index in [1.54, 1.807) is 0 Å². The van der Waals surface area contributed by atoms with Gasteiger partial charge in [0.1, 0.15) is 11.2 Å². The lowest BCUT2D eigenvalue weighted by atomic mass is 10.1. The molecule has 0 aliphatic carbocycles. The largest absolute Gasteiger partial charge is 0.468 e. The Morgan fingerprint density at radius 1 is 1.38 bits per heavy atom. The van der Waals surface area contributed by atoms with Crippen LogP contribution in [0.5, 0.6) is 0 Å². The number of amides is 1. The van der Waals surface area contributed by atoms with Crippen molar-refractivity contribution in [3.05, 3.63) is 35.1 Å². The quantitative estimate of drug-likeness (QED) is 0.525. The van der Waals surface area contributed by atoms with Crippen molar-refractivity contribution in [1.29, 1.82) is 0 Å². The van der Waals surface area contributed by atoms with Gasteiger partial charge >= 0.3 is 12.1 Å². The number of methoxy groups -OCH3 is 1. The molecule has 21 heavy (non-hydrogen) atoms. The Morgan fingerprint density at radius 3 is 2.52 bits per heavy atom. The topological polar surface area (TPSA) is 55.4 Å². The van der Waals surface area contributed by atoms with Crippen LogP contribution in [0.1, 0.15) is 15.9 Å². The lowest BCUT2D eigenvalue weighted by Crippen LogP contribution is -2.34. The van der Waals surface area contributed by atoms with Gasteiger partial charge in [0, 0.05) is 12.1 Å². The molecule has 0 saturated carbocycles. The number of nitrogens with one attached hydrogen (secondary N) is 1. The van der Waals surface area contributed by atoms with Crippen LogP contribution in [-0.4, -0.2) is 30.9 Å². The van der Waals surface area contributed by atoms with Crippen molar-refractivity contribution >= 4 is 23.5 Å². The number of esters is 1. The highest BCUT2D eigenvalue weighted by atomic mass is 35.5. The fourth-order valence-corrected chi connectivity index (χ4v) is 1.55. The fourth-order valence-electron chi connectivity index (χ4n) is 1.38. The summed E-state index contributed by atoms with van der Waals surface area (Å²) >= 11 is 5.56. The standard InChI is InChI=1S/C12H10ClF4NO3/c1-21-11(20)8(13)5-18-10(19)6-2-3-9(14)7(4-6)12(15,16)17/h2-4,8H,5H2,1H3,(H,18,19). The molecule has 116 valence electrons. The zero-order valence-corrected chi connectivity index (χ0v) is 11.4. The van der Waals surface area contributed by atoms with Gasteiger partial charge in [-0.2, -0.15) is 13.2 Å². The first-order valence-corrected chi connectivity index (χ1v) is 5.97. The van der Waals surface area contributed by atoms with E-state index in [0.29, 0.717) is 12.1 Å². The van der Waals surface area contributed by atoms with Gasteiger partial charge in [0.05, 0.1) is 12.7 Å². The van der Waals surface area contributed by atoms with Gasteiger partial charge < -0.3 is 10.1 Å². The molecule has 1 amide bonds. The van der Waals surface area contributed by atoms with E-state index >= 15 is 0 Å². The summed E-state index contributed by atoms with van der Waals surface area (Å²) in [6, 6.07) is 1.81. The Hall–Kier alpha value is -1.83. The van der Waals surface area contributed by atoms with Gasteiger partial charge in [-0.05, 0) is 18.2 Å². The van der Waals surface area contributed by atoms with Crippen molar-refractivity contribution in [2.75, 3.05) is 13.7 Å². The maximum absolute atomic E-state index is 13.1. The van der Waals surface area contributed by atoms with Crippen LogP contribution >= 0.6 is 11.6 Å². The van der Waals surface area contributed by atoms with Gasteiger partial charge in [0.15, 0.2) is 0 Å². The van der Waals surface area contributed by atoms with E-state index < -0.39 is 40.4 Å². The Labute approximate surface area is 122 Å². The predicted molar refractivity (Wildman–Crippen MR) is 65.4 cm³/mol. The third-order valence-corrected chi connectivity index (χ3v) is 2.77. The van der Waals surface area contributed by atoms with Gasteiger partial charge in [-0.25, -0.2) is 4.39 Å². The van der Waals surface area contributed by atoms with Crippen LogP contribution in [0, 0.1) is 5.82 Å². The van der Waals surface area contributed by atoms with Crippen LogP contribution < -0.4 is 5.32 Å². The van der Waals surface area contributed by atoms with Crippen molar-refractivity contribution < 1.29 is 31.9 Å². The second-order valence-electron chi connectivity index (χ2n) is 3.89. The third-order valence-electron chi connectivity index (χ3n) is 2.43. The number of carbonyl (C=O) groups is 2. The summed E-state index contributed by atoms with van der Waals surface area (Å²) in [6.45, 7) is -0.341. The zero-order valence-electron chi connectivity index (χ0n) is 10.6. The zero-order chi connectivity index (χ0) is 16.2. The fraction of sp³-hybridized carbons (Fsp3) is 0.333. The van der Waals surface area contributed by atoms with Crippen LogP contribution in [0.25, 0.3) is 0 Å². The molecule has 1 rings (SSSR count). The Morgan fingerprint density at radius 2 is 2.00 bits per heavy atom. The SMILES string of the molecule is COC(=O)C(Cl)CNC(=O)c1ccc(F)c(C(F)(F)F)c1. The van der Waals surface area contributed by atoms with Crippen LogP contribution in [0.4, 0.5) is 17.6 Å². The number of rotatable bonds is 4. The minimum Gasteiger partial charge on any atom is -0.468 e. The van der Waals surface area contributed by atoms with Crippen LogP contribution in [0.3, 0.4) is 0 Å². The average Bonchev–Trinajstić information content (AvgIpc) is 2.42. The normalized spacial score (nSPS) is 12.7. The number of halogens is 5. The Kier molecular flexibility index (Phi) is 5.54. The molecule has 4 nitrogen and oxygen atoms in total. The predicted octanol–water partition coefficient (Wildman–Crippen LogP) is 2.35. The molecule has 0 aromatic heterocycles. The van der Waals surface area contributed by atoms with Crippen molar-refractivity contribution in [3.8, 4) is 0 Å². The molecular weight excluding hydrogens is 318 g/mol. The van der Waals surface area contributed by atoms with Crippen molar-refractivity contribution in [2.24, 2.45) is 0 Å². The molecule has 0 radical (unpaired) electrons. The maximum atomic E-state index is 13.1. The molecule has 0 fully saturated rings. The van der Waals surface area contributed by atoms with Crippen molar-refractivity contribution in [1.82, 2.24) is 5.32 Å². The second-order valence-corrected chi connectivity index (χ2v) is 4.42. The summed E-state index contributed by atoms with van der Waals surface area (Å²) in [7, 11) is 1.09. The highest BCUT2D eigenvalue weighted by Gasteiger charge is 2.34. The molecule has 1 N–H and O–H groups in total. The van der Waals surface area contributed by atoms with E-state index in [9.17, 15) is 27.2 Å². The summed E-state index contributed by atoms with van der Waals surface area (Å²) in [6.07, 6.45) is -4.92. The van der Waals surface area contributed by atoms with Crippen LogP contribution in [0.2, 0.25) is 0 Å². The van der Waals surface area contributed by atoms with Gasteiger partial charge in [0.2, 0.25) is 0 Å². The van der Waals surface area contributed by atoms with Gasteiger partial charge in [-0.3, -0.25) is 9.59 Å². The second kappa shape index (κ2) is 6.75. The van der Waals surface area contributed by atoms with Crippen molar-refractivity contribution in [3.63, 3.8) is 0 Å². The van der Waals surface area contributed by atoms with E-state index in [-0.39, 0.29) is 6.54 Å². The first-order valence-electron chi connectivity index (χ1n) is 5.53. The molecule has 1 unspecified atom stereocenters.